The first kappa shape index (κ1) is 15.6. The van der Waals surface area contributed by atoms with E-state index in [0.717, 1.165) is 48.0 Å². The Morgan fingerprint density at radius 3 is 2.71 bits per heavy atom. The molecule has 1 aromatic carbocycles. The molecule has 1 aromatic rings. The largest absolute Gasteiger partial charge is 0.393 e. The smallest absolute Gasteiger partial charge is 0.0583 e. The van der Waals surface area contributed by atoms with E-state index in [1.54, 1.807) is 0 Å². The first-order chi connectivity index (χ1) is 10.1. The molecule has 116 valence electrons. The maximum Gasteiger partial charge on any atom is 0.0583 e. The predicted molar refractivity (Wildman–Crippen MR) is 87.9 cm³/mol. The molecule has 4 heteroatoms. The van der Waals surface area contributed by atoms with E-state index in [4.69, 9.17) is 23.2 Å². The van der Waals surface area contributed by atoms with E-state index in [1.165, 1.54) is 19.3 Å². The van der Waals surface area contributed by atoms with Crippen LogP contribution in [-0.2, 0) is 6.54 Å². The van der Waals surface area contributed by atoms with Gasteiger partial charge in [-0.3, -0.25) is 4.90 Å². The van der Waals surface area contributed by atoms with Crippen molar-refractivity contribution in [1.82, 2.24) is 4.90 Å². The molecule has 3 atom stereocenters. The van der Waals surface area contributed by atoms with Crippen molar-refractivity contribution in [3.63, 3.8) is 0 Å². The van der Waals surface area contributed by atoms with Gasteiger partial charge in [0.2, 0.25) is 0 Å². The van der Waals surface area contributed by atoms with Gasteiger partial charge in [-0.05, 0) is 56.0 Å². The highest BCUT2D eigenvalue weighted by atomic mass is 35.5. The monoisotopic (exact) mass is 327 g/mol. The number of hydrogen-bond acceptors (Lipinski definition) is 2. The van der Waals surface area contributed by atoms with E-state index in [0.29, 0.717) is 12.0 Å². The Balaban J connectivity index is 1.76. The Hall–Kier alpha value is -0.280. The van der Waals surface area contributed by atoms with Gasteiger partial charge >= 0.3 is 0 Å². The van der Waals surface area contributed by atoms with Gasteiger partial charge in [0.05, 0.1) is 6.10 Å². The van der Waals surface area contributed by atoms with Crippen molar-refractivity contribution < 1.29 is 5.11 Å². The number of aliphatic hydroxyl groups excluding tert-OH is 1. The quantitative estimate of drug-likeness (QED) is 0.882. The summed E-state index contributed by atoms with van der Waals surface area (Å²) >= 11 is 12.4. The Morgan fingerprint density at radius 1 is 1.10 bits per heavy atom. The van der Waals surface area contributed by atoms with Crippen LogP contribution in [0.1, 0.15) is 44.1 Å². The van der Waals surface area contributed by atoms with Crippen LogP contribution >= 0.6 is 23.2 Å². The van der Waals surface area contributed by atoms with Crippen molar-refractivity contribution in [1.29, 1.82) is 0 Å². The fraction of sp³-hybridized carbons (Fsp3) is 0.647. The van der Waals surface area contributed by atoms with Crippen LogP contribution in [0.15, 0.2) is 18.2 Å². The molecule has 1 saturated carbocycles. The van der Waals surface area contributed by atoms with Gasteiger partial charge in [-0.1, -0.05) is 36.0 Å². The lowest BCUT2D eigenvalue weighted by atomic mass is 9.87. The van der Waals surface area contributed by atoms with Crippen LogP contribution in [0.2, 0.25) is 10.0 Å². The van der Waals surface area contributed by atoms with Crippen LogP contribution in [0.4, 0.5) is 0 Å². The second-order valence-electron chi connectivity index (χ2n) is 6.43. The van der Waals surface area contributed by atoms with Gasteiger partial charge in [-0.2, -0.15) is 0 Å². The molecular weight excluding hydrogens is 305 g/mol. The molecule has 1 N–H and O–H groups in total. The van der Waals surface area contributed by atoms with Gasteiger partial charge in [0, 0.05) is 28.5 Å². The van der Waals surface area contributed by atoms with Crippen molar-refractivity contribution in [2.24, 2.45) is 5.92 Å². The lowest BCUT2D eigenvalue weighted by Crippen LogP contribution is -2.45. The molecular formula is C17H23Cl2NO. The Bertz CT molecular complexity index is 494. The lowest BCUT2D eigenvalue weighted by Gasteiger charge is -2.40. The number of hydrogen-bond donors (Lipinski definition) is 1. The molecule has 1 heterocycles. The van der Waals surface area contributed by atoms with E-state index in [-0.39, 0.29) is 6.10 Å². The van der Waals surface area contributed by atoms with Crippen LogP contribution in [0.25, 0.3) is 0 Å². The maximum absolute atomic E-state index is 10.2. The van der Waals surface area contributed by atoms with Gasteiger partial charge in [0.15, 0.2) is 0 Å². The fourth-order valence-electron chi connectivity index (χ4n) is 4.00. The summed E-state index contributed by atoms with van der Waals surface area (Å²) in [7, 11) is 0. The first-order valence-corrected chi connectivity index (χ1v) is 8.77. The predicted octanol–water partition coefficient (Wildman–Crippen LogP) is 4.51. The van der Waals surface area contributed by atoms with Crippen LogP contribution < -0.4 is 0 Å². The second kappa shape index (κ2) is 6.87. The standard InChI is InChI=1S/C17H23Cl2NO/c18-13-7-8-15(19)12(10-13)11-20-9-2-1-5-16(20)14-4-3-6-17(14)21/h7-8,10,14,16-17,21H,1-6,9,11H2. The number of halogens is 2. The summed E-state index contributed by atoms with van der Waals surface area (Å²) in [4.78, 5) is 2.51. The molecule has 2 fully saturated rings. The average Bonchev–Trinajstić information content (AvgIpc) is 2.90. The zero-order valence-electron chi connectivity index (χ0n) is 12.3. The molecule has 3 unspecified atom stereocenters. The van der Waals surface area contributed by atoms with Crippen molar-refractivity contribution in [2.75, 3.05) is 6.54 Å². The third-order valence-electron chi connectivity index (χ3n) is 5.07. The summed E-state index contributed by atoms with van der Waals surface area (Å²) in [6.07, 6.45) is 6.86. The molecule has 21 heavy (non-hydrogen) atoms. The summed E-state index contributed by atoms with van der Waals surface area (Å²) in [5.41, 5.74) is 1.10. The normalized spacial score (nSPS) is 30.7. The minimum absolute atomic E-state index is 0.120. The lowest BCUT2D eigenvalue weighted by molar-refractivity contribution is 0.0313. The summed E-state index contributed by atoms with van der Waals surface area (Å²) < 4.78 is 0. The molecule has 0 radical (unpaired) electrons. The van der Waals surface area contributed by atoms with Crippen LogP contribution in [0, 0.1) is 5.92 Å². The zero-order chi connectivity index (χ0) is 14.8. The molecule has 1 saturated heterocycles. The molecule has 3 rings (SSSR count). The van der Waals surface area contributed by atoms with Crippen molar-refractivity contribution in [2.45, 2.75) is 57.2 Å². The molecule has 0 spiro atoms. The molecule has 0 bridgehead atoms. The highest BCUT2D eigenvalue weighted by Crippen LogP contribution is 2.36. The highest BCUT2D eigenvalue weighted by Gasteiger charge is 2.36. The molecule has 0 aromatic heterocycles. The minimum Gasteiger partial charge on any atom is -0.393 e. The topological polar surface area (TPSA) is 23.5 Å². The summed E-state index contributed by atoms with van der Waals surface area (Å²) in [5, 5.41) is 11.8. The number of aliphatic hydroxyl groups is 1. The molecule has 2 aliphatic rings. The van der Waals surface area contributed by atoms with E-state index < -0.39 is 0 Å². The maximum atomic E-state index is 10.2. The number of benzene rings is 1. The third kappa shape index (κ3) is 3.56. The highest BCUT2D eigenvalue weighted by molar-refractivity contribution is 6.33. The van der Waals surface area contributed by atoms with Crippen molar-refractivity contribution in [3.05, 3.63) is 33.8 Å². The Kier molecular flexibility index (Phi) is 5.11. The fourth-order valence-corrected chi connectivity index (χ4v) is 4.37. The van der Waals surface area contributed by atoms with Gasteiger partial charge < -0.3 is 5.11 Å². The van der Waals surface area contributed by atoms with Crippen LogP contribution in [-0.4, -0.2) is 28.7 Å². The van der Waals surface area contributed by atoms with Crippen LogP contribution in [0.3, 0.4) is 0 Å². The Labute approximate surface area is 137 Å². The zero-order valence-corrected chi connectivity index (χ0v) is 13.8. The van der Waals surface area contributed by atoms with Gasteiger partial charge in [-0.15, -0.1) is 0 Å². The van der Waals surface area contributed by atoms with E-state index in [9.17, 15) is 5.11 Å². The number of rotatable bonds is 3. The molecule has 2 nitrogen and oxygen atoms in total. The molecule has 1 aliphatic carbocycles. The summed E-state index contributed by atoms with van der Waals surface area (Å²) in [5.74, 6) is 0.434. The number of likely N-dealkylation sites (tertiary alicyclic amines) is 1. The van der Waals surface area contributed by atoms with Crippen molar-refractivity contribution in [3.8, 4) is 0 Å². The average molecular weight is 328 g/mol. The minimum atomic E-state index is -0.120. The van der Waals surface area contributed by atoms with E-state index in [1.807, 2.05) is 18.2 Å². The molecule has 1 aliphatic heterocycles. The summed E-state index contributed by atoms with van der Waals surface area (Å²) in [6.45, 7) is 1.93. The SMILES string of the molecule is OC1CCCC1C1CCCCN1Cc1cc(Cl)ccc1Cl. The van der Waals surface area contributed by atoms with Gasteiger partial charge in [-0.25, -0.2) is 0 Å². The van der Waals surface area contributed by atoms with E-state index >= 15 is 0 Å². The molecule has 0 amide bonds. The van der Waals surface area contributed by atoms with Gasteiger partial charge in [0.1, 0.15) is 0 Å². The first-order valence-electron chi connectivity index (χ1n) is 8.01. The second-order valence-corrected chi connectivity index (χ2v) is 7.28. The third-order valence-corrected chi connectivity index (χ3v) is 5.68. The summed E-state index contributed by atoms with van der Waals surface area (Å²) in [6, 6.07) is 6.18. The number of nitrogens with zero attached hydrogens (tertiary/aromatic N) is 1. The van der Waals surface area contributed by atoms with Gasteiger partial charge in [0.25, 0.3) is 0 Å². The number of piperidine rings is 1. The van der Waals surface area contributed by atoms with E-state index in [2.05, 4.69) is 4.90 Å². The van der Waals surface area contributed by atoms with Crippen LogP contribution in [0.5, 0.6) is 0 Å². The Morgan fingerprint density at radius 2 is 1.95 bits per heavy atom. The van der Waals surface area contributed by atoms with Crippen molar-refractivity contribution >= 4 is 23.2 Å².